The Morgan fingerprint density at radius 1 is 1.14 bits per heavy atom. The van der Waals surface area contributed by atoms with Gasteiger partial charge in [0, 0.05) is 7.05 Å². The van der Waals surface area contributed by atoms with Gasteiger partial charge in [0.1, 0.15) is 11.4 Å². The van der Waals surface area contributed by atoms with Crippen molar-refractivity contribution in [2.45, 2.75) is 0 Å². The molecule has 0 unspecified atom stereocenters. The van der Waals surface area contributed by atoms with E-state index in [0.29, 0.717) is 4.68 Å². The lowest BCUT2D eigenvalue weighted by atomic mass is 10.2. The van der Waals surface area contributed by atoms with Crippen molar-refractivity contribution in [2.75, 3.05) is 19.1 Å². The Hall–Kier alpha value is -3.37. The molecular weight excluding hydrogens is 425 g/mol. The molecule has 0 bridgehead atoms. The number of carbonyl (C=O) groups is 2. The third-order valence-electron chi connectivity index (χ3n) is 3.99. The summed E-state index contributed by atoms with van der Waals surface area (Å²) in [6.45, 7) is 0. The Balaban J connectivity index is 2.01. The second-order valence-corrected chi connectivity index (χ2v) is 6.50. The number of tetrazole rings is 1. The van der Waals surface area contributed by atoms with E-state index < -0.39 is 17.7 Å². The maximum Gasteiger partial charge on any atom is 0.377 e. The van der Waals surface area contributed by atoms with E-state index in [-0.39, 0.29) is 32.7 Å². The van der Waals surface area contributed by atoms with E-state index in [4.69, 9.17) is 33.0 Å². The number of aromatic nitrogens is 4. The molecule has 12 heteroatoms. The average Bonchev–Trinajstić information content (AvgIpc) is 3.07. The molecule has 3 rings (SSSR count). The molecule has 1 heterocycles. The van der Waals surface area contributed by atoms with Crippen molar-refractivity contribution in [3.8, 4) is 11.4 Å². The average molecular weight is 438 g/mol. The predicted octanol–water partition coefficient (Wildman–Crippen LogP) is 2.55. The van der Waals surface area contributed by atoms with E-state index in [1.165, 1.54) is 44.5 Å². The zero-order valence-electron chi connectivity index (χ0n) is 15.0. The van der Waals surface area contributed by atoms with Crippen LogP contribution in [0.25, 0.3) is 5.69 Å². The number of hydrogen-bond donors (Lipinski definition) is 1. The molecule has 29 heavy (non-hydrogen) atoms. The van der Waals surface area contributed by atoms with Crippen molar-refractivity contribution in [3.63, 3.8) is 0 Å². The number of amides is 1. The van der Waals surface area contributed by atoms with Crippen LogP contribution < -0.4 is 15.3 Å². The summed E-state index contributed by atoms with van der Waals surface area (Å²) in [6.07, 6.45) is 0. The molecule has 150 valence electrons. The molecule has 0 atom stereocenters. The van der Waals surface area contributed by atoms with Crippen LogP contribution in [0.1, 0.15) is 10.4 Å². The van der Waals surface area contributed by atoms with Crippen LogP contribution in [-0.4, -0.2) is 51.1 Å². The Bertz CT molecular complexity index is 1150. The van der Waals surface area contributed by atoms with Gasteiger partial charge in [0.05, 0.1) is 28.4 Å². The molecule has 2 aromatic carbocycles. The molecule has 1 aromatic heterocycles. The number of carbonyl (C=O) groups excluding carboxylic acids is 1. The third kappa shape index (κ3) is 3.67. The van der Waals surface area contributed by atoms with Crippen molar-refractivity contribution in [2.24, 2.45) is 0 Å². The summed E-state index contributed by atoms with van der Waals surface area (Å²) in [5.41, 5.74) is -0.605. The standard InChI is InChI=1S/C17H13Cl2N5O5/c1-22(12-7-6-9(15(25)26)8-13(12)29-2)16(27)24-17(28)23(20-21-24)14-10(18)4-3-5-11(14)19/h3-8H,1-2H3,(H,25,26). The second-order valence-electron chi connectivity index (χ2n) is 5.69. The molecule has 1 N–H and O–H groups in total. The number of anilines is 1. The summed E-state index contributed by atoms with van der Waals surface area (Å²) in [5, 5.41) is 16.7. The van der Waals surface area contributed by atoms with Crippen molar-refractivity contribution in [3.05, 3.63) is 62.5 Å². The van der Waals surface area contributed by atoms with Gasteiger partial charge in [-0.05, 0) is 40.8 Å². The van der Waals surface area contributed by atoms with E-state index in [2.05, 4.69) is 10.4 Å². The smallest absolute Gasteiger partial charge is 0.377 e. The lowest BCUT2D eigenvalue weighted by molar-refractivity contribution is 0.0696. The molecule has 10 nitrogen and oxygen atoms in total. The lowest BCUT2D eigenvalue weighted by Crippen LogP contribution is -2.39. The predicted molar refractivity (Wildman–Crippen MR) is 105 cm³/mol. The maximum absolute atomic E-state index is 12.8. The Labute approximate surface area is 173 Å². The molecule has 0 aliphatic heterocycles. The van der Waals surface area contributed by atoms with E-state index in [1.54, 1.807) is 6.07 Å². The number of ether oxygens (including phenoxy) is 1. The number of benzene rings is 2. The maximum atomic E-state index is 12.8. The van der Waals surface area contributed by atoms with Gasteiger partial charge in [0.2, 0.25) is 0 Å². The normalized spacial score (nSPS) is 10.6. The topological polar surface area (TPSA) is 120 Å². The largest absolute Gasteiger partial charge is 0.495 e. The molecule has 0 radical (unpaired) electrons. The van der Waals surface area contributed by atoms with Crippen LogP contribution in [0.15, 0.2) is 41.2 Å². The summed E-state index contributed by atoms with van der Waals surface area (Å²) in [7, 11) is 2.69. The fourth-order valence-electron chi connectivity index (χ4n) is 2.53. The number of halogens is 2. The van der Waals surface area contributed by atoms with Crippen molar-refractivity contribution >= 4 is 40.9 Å². The first-order chi connectivity index (χ1) is 13.8. The van der Waals surface area contributed by atoms with E-state index in [9.17, 15) is 14.4 Å². The molecule has 0 saturated carbocycles. The first kappa shape index (κ1) is 20.4. The van der Waals surface area contributed by atoms with Crippen LogP contribution in [-0.2, 0) is 0 Å². The number of methoxy groups -OCH3 is 1. The summed E-state index contributed by atoms with van der Waals surface area (Å²) < 4.78 is 6.48. The van der Waals surface area contributed by atoms with Gasteiger partial charge in [-0.2, -0.15) is 4.68 Å². The zero-order chi connectivity index (χ0) is 21.3. The summed E-state index contributed by atoms with van der Waals surface area (Å²) in [4.78, 5) is 37.7. The summed E-state index contributed by atoms with van der Waals surface area (Å²) >= 11 is 12.2. The van der Waals surface area contributed by atoms with E-state index in [0.717, 1.165) is 9.58 Å². The molecule has 0 aliphatic rings. The van der Waals surface area contributed by atoms with Crippen LogP contribution in [0.3, 0.4) is 0 Å². The quantitative estimate of drug-likeness (QED) is 0.622. The lowest BCUT2D eigenvalue weighted by Gasteiger charge is -2.19. The van der Waals surface area contributed by atoms with Gasteiger partial charge in [0.25, 0.3) is 0 Å². The second kappa shape index (κ2) is 7.94. The number of hydrogen-bond acceptors (Lipinski definition) is 6. The van der Waals surface area contributed by atoms with E-state index >= 15 is 0 Å². The minimum atomic E-state index is -1.15. The van der Waals surface area contributed by atoms with Gasteiger partial charge in [0.15, 0.2) is 0 Å². The highest BCUT2D eigenvalue weighted by atomic mass is 35.5. The number of carboxylic acid groups (broad SMARTS) is 1. The molecule has 0 fully saturated rings. The molecule has 1 amide bonds. The van der Waals surface area contributed by atoms with Crippen molar-refractivity contribution < 1.29 is 19.4 Å². The highest BCUT2D eigenvalue weighted by Gasteiger charge is 2.24. The van der Waals surface area contributed by atoms with Crippen LogP contribution in [0.4, 0.5) is 10.5 Å². The Morgan fingerprint density at radius 2 is 1.79 bits per heavy atom. The molecule has 0 aliphatic carbocycles. The van der Waals surface area contributed by atoms with Gasteiger partial charge in [-0.15, -0.1) is 4.68 Å². The Kier molecular flexibility index (Phi) is 5.57. The fourth-order valence-corrected chi connectivity index (χ4v) is 3.09. The van der Waals surface area contributed by atoms with Crippen molar-refractivity contribution in [1.29, 1.82) is 0 Å². The van der Waals surface area contributed by atoms with Crippen LogP contribution >= 0.6 is 23.2 Å². The number of aromatic carboxylic acids is 1. The summed E-state index contributed by atoms with van der Waals surface area (Å²) in [5.74, 6) is -1.03. The van der Waals surface area contributed by atoms with Gasteiger partial charge in [-0.1, -0.05) is 29.3 Å². The first-order valence-electron chi connectivity index (χ1n) is 7.95. The number of para-hydroxylation sites is 1. The molecule has 0 saturated heterocycles. The molecule has 0 spiro atoms. The van der Waals surface area contributed by atoms with Crippen LogP contribution in [0.5, 0.6) is 5.75 Å². The van der Waals surface area contributed by atoms with E-state index in [1.807, 2.05) is 0 Å². The number of nitrogens with zero attached hydrogens (tertiary/aromatic N) is 5. The first-order valence-corrected chi connectivity index (χ1v) is 8.70. The fraction of sp³-hybridized carbons (Fsp3) is 0.118. The highest BCUT2D eigenvalue weighted by Crippen LogP contribution is 2.29. The third-order valence-corrected chi connectivity index (χ3v) is 4.60. The minimum absolute atomic E-state index is 0.0251. The van der Waals surface area contributed by atoms with Gasteiger partial charge < -0.3 is 9.84 Å². The monoisotopic (exact) mass is 437 g/mol. The number of carboxylic acids is 1. The molecule has 3 aromatic rings. The van der Waals surface area contributed by atoms with Crippen LogP contribution in [0, 0.1) is 0 Å². The minimum Gasteiger partial charge on any atom is -0.495 e. The molecular formula is C17H13Cl2N5O5. The summed E-state index contributed by atoms with van der Waals surface area (Å²) in [6, 6.07) is 7.69. The number of rotatable bonds is 4. The zero-order valence-corrected chi connectivity index (χ0v) is 16.5. The van der Waals surface area contributed by atoms with Gasteiger partial charge in [-0.25, -0.2) is 14.4 Å². The Morgan fingerprint density at radius 3 is 2.38 bits per heavy atom. The van der Waals surface area contributed by atoms with Crippen LogP contribution in [0.2, 0.25) is 10.0 Å². The van der Waals surface area contributed by atoms with Gasteiger partial charge in [-0.3, -0.25) is 4.90 Å². The van der Waals surface area contributed by atoms with Crippen molar-refractivity contribution in [1.82, 2.24) is 19.8 Å². The SMILES string of the molecule is COc1cc(C(=O)O)ccc1N(C)C(=O)n1nnn(-c2c(Cl)cccc2Cl)c1=O. The highest BCUT2D eigenvalue weighted by molar-refractivity contribution is 6.37. The van der Waals surface area contributed by atoms with Gasteiger partial charge >= 0.3 is 17.7 Å².